The molecule has 0 heterocycles. The number of ether oxygens (including phenoxy) is 1. The highest BCUT2D eigenvalue weighted by Gasteiger charge is 2.15. The zero-order valence-electron chi connectivity index (χ0n) is 12.8. The van der Waals surface area contributed by atoms with Crippen molar-refractivity contribution in [2.45, 2.75) is 13.3 Å². The molecule has 0 saturated heterocycles. The molecule has 3 aromatic rings. The van der Waals surface area contributed by atoms with Crippen LogP contribution in [0.4, 0.5) is 8.78 Å². The van der Waals surface area contributed by atoms with Crippen LogP contribution in [0.25, 0.3) is 10.8 Å². The van der Waals surface area contributed by atoms with Crippen molar-refractivity contribution in [2.24, 2.45) is 0 Å². The van der Waals surface area contributed by atoms with Crippen molar-refractivity contribution in [2.75, 3.05) is 0 Å². The van der Waals surface area contributed by atoms with Crippen molar-refractivity contribution in [1.29, 1.82) is 0 Å². The Morgan fingerprint density at radius 3 is 2.46 bits per heavy atom. The van der Waals surface area contributed by atoms with Gasteiger partial charge in [0.25, 0.3) is 0 Å². The quantitative estimate of drug-likeness (QED) is 0.459. The van der Waals surface area contributed by atoms with Crippen molar-refractivity contribution >= 4 is 28.3 Å². The van der Waals surface area contributed by atoms with E-state index in [9.17, 15) is 13.6 Å². The van der Waals surface area contributed by atoms with Gasteiger partial charge in [0.1, 0.15) is 11.6 Å². The van der Waals surface area contributed by atoms with E-state index in [2.05, 4.69) is 0 Å². The fourth-order valence-corrected chi connectivity index (χ4v) is 2.58. The number of fused-ring (bicyclic) bond motifs is 1. The van der Waals surface area contributed by atoms with E-state index in [1.165, 1.54) is 18.2 Å². The Hall–Kier alpha value is -2.46. The smallest absolute Gasteiger partial charge is 0.343 e. The third-order valence-corrected chi connectivity index (χ3v) is 4.03. The van der Waals surface area contributed by atoms with Crippen molar-refractivity contribution in [3.63, 3.8) is 0 Å². The Morgan fingerprint density at radius 2 is 1.79 bits per heavy atom. The molecule has 3 aromatic carbocycles. The molecule has 0 aromatic heterocycles. The summed E-state index contributed by atoms with van der Waals surface area (Å²) < 4.78 is 33.3. The second kappa shape index (κ2) is 6.57. The molecule has 0 amide bonds. The van der Waals surface area contributed by atoms with Crippen LogP contribution in [0.15, 0.2) is 48.5 Å². The minimum atomic E-state index is -0.836. The summed E-state index contributed by atoms with van der Waals surface area (Å²) in [6, 6.07) is 12.1. The number of carbonyl (C=O) groups is 1. The molecular weight excluding hydrogens is 334 g/mol. The number of hydrogen-bond acceptors (Lipinski definition) is 2. The lowest BCUT2D eigenvalue weighted by Gasteiger charge is -2.08. The van der Waals surface area contributed by atoms with E-state index in [1.54, 1.807) is 12.1 Å². The van der Waals surface area contributed by atoms with Gasteiger partial charge >= 0.3 is 5.97 Å². The molecule has 5 heteroatoms. The summed E-state index contributed by atoms with van der Waals surface area (Å²) in [5.74, 6) is -2.27. The van der Waals surface area contributed by atoms with E-state index in [0.29, 0.717) is 5.56 Å². The molecular formula is C19H13ClF2O2. The fourth-order valence-electron chi connectivity index (χ4n) is 2.42. The monoisotopic (exact) mass is 346 g/mol. The maximum Gasteiger partial charge on any atom is 0.343 e. The number of hydrogen-bond donors (Lipinski definition) is 0. The lowest BCUT2D eigenvalue weighted by molar-refractivity contribution is 0.0734. The summed E-state index contributed by atoms with van der Waals surface area (Å²) in [5, 5.41) is -0.127. The fraction of sp³-hybridized carbons (Fsp3) is 0.105. The first kappa shape index (κ1) is 16.4. The van der Waals surface area contributed by atoms with Crippen LogP contribution in [0.3, 0.4) is 0 Å². The molecule has 24 heavy (non-hydrogen) atoms. The highest BCUT2D eigenvalue weighted by Crippen LogP contribution is 2.30. The van der Waals surface area contributed by atoms with Gasteiger partial charge < -0.3 is 4.74 Å². The van der Waals surface area contributed by atoms with Crippen LogP contribution in [0.5, 0.6) is 5.75 Å². The summed E-state index contributed by atoms with van der Waals surface area (Å²) in [5.41, 5.74) is 1.45. The Kier molecular flexibility index (Phi) is 4.49. The number of halogens is 3. The van der Waals surface area contributed by atoms with Crippen molar-refractivity contribution < 1.29 is 18.3 Å². The molecule has 0 bridgehead atoms. The van der Waals surface area contributed by atoms with Gasteiger partial charge in [-0.1, -0.05) is 36.7 Å². The Morgan fingerprint density at radius 1 is 1.08 bits per heavy atom. The normalized spacial score (nSPS) is 10.8. The van der Waals surface area contributed by atoms with Crippen LogP contribution in [0.2, 0.25) is 5.02 Å². The zero-order valence-corrected chi connectivity index (χ0v) is 13.5. The lowest BCUT2D eigenvalue weighted by atomic mass is 10.1. The highest BCUT2D eigenvalue weighted by atomic mass is 35.5. The van der Waals surface area contributed by atoms with Crippen LogP contribution < -0.4 is 4.74 Å². The molecule has 122 valence electrons. The molecule has 0 fully saturated rings. The van der Waals surface area contributed by atoms with Gasteiger partial charge in [0, 0.05) is 6.07 Å². The molecule has 0 saturated carbocycles. The SMILES string of the molecule is CCc1ccc(C(=O)Oc2cc(F)c3c(F)c(Cl)ccc3c2)cc1. The van der Waals surface area contributed by atoms with Gasteiger partial charge in [-0.25, -0.2) is 13.6 Å². The maximum atomic E-state index is 14.1. The molecule has 0 radical (unpaired) electrons. The Labute approximate surface area is 142 Å². The van der Waals surface area contributed by atoms with E-state index in [4.69, 9.17) is 16.3 Å². The van der Waals surface area contributed by atoms with Crippen LogP contribution in [0, 0.1) is 11.6 Å². The Balaban J connectivity index is 1.92. The minimum Gasteiger partial charge on any atom is -0.423 e. The van der Waals surface area contributed by atoms with Crippen LogP contribution in [-0.2, 0) is 6.42 Å². The minimum absolute atomic E-state index is 0.00582. The van der Waals surface area contributed by atoms with E-state index < -0.39 is 17.6 Å². The summed E-state index contributed by atoms with van der Waals surface area (Å²) in [6.45, 7) is 2.01. The summed E-state index contributed by atoms with van der Waals surface area (Å²) in [4.78, 5) is 12.1. The summed E-state index contributed by atoms with van der Waals surface area (Å²) in [7, 11) is 0. The zero-order chi connectivity index (χ0) is 17.3. The first-order valence-electron chi connectivity index (χ1n) is 7.38. The second-order valence-corrected chi connectivity index (χ2v) is 5.71. The van der Waals surface area contributed by atoms with E-state index in [0.717, 1.165) is 18.1 Å². The lowest BCUT2D eigenvalue weighted by Crippen LogP contribution is -2.08. The topological polar surface area (TPSA) is 26.3 Å². The number of benzene rings is 3. The molecule has 0 aliphatic rings. The van der Waals surface area contributed by atoms with E-state index in [-0.39, 0.29) is 21.5 Å². The van der Waals surface area contributed by atoms with Gasteiger partial charge in [-0.05, 0) is 41.6 Å². The van der Waals surface area contributed by atoms with Gasteiger partial charge in [-0.15, -0.1) is 0 Å². The standard InChI is InChI=1S/C19H13ClF2O2/c1-2-11-3-5-12(6-4-11)19(23)24-14-9-13-7-8-15(20)18(22)17(13)16(21)10-14/h3-10H,2H2,1H3. The van der Waals surface area contributed by atoms with Crippen molar-refractivity contribution in [3.05, 3.63) is 76.3 Å². The average Bonchev–Trinajstić information content (AvgIpc) is 2.58. The maximum absolute atomic E-state index is 14.1. The molecule has 2 nitrogen and oxygen atoms in total. The first-order chi connectivity index (χ1) is 11.5. The molecule has 0 N–H and O–H groups in total. The summed E-state index contributed by atoms with van der Waals surface area (Å²) >= 11 is 5.66. The van der Waals surface area contributed by atoms with Crippen molar-refractivity contribution in [3.8, 4) is 5.75 Å². The predicted octanol–water partition coefficient (Wildman–Crippen LogP) is 5.55. The number of carbonyl (C=O) groups excluding carboxylic acids is 1. The molecule has 0 unspecified atom stereocenters. The van der Waals surface area contributed by atoms with Gasteiger partial charge in [-0.2, -0.15) is 0 Å². The van der Waals surface area contributed by atoms with E-state index in [1.807, 2.05) is 19.1 Å². The number of aryl methyl sites for hydroxylation is 1. The average molecular weight is 347 g/mol. The molecule has 0 aliphatic carbocycles. The van der Waals surface area contributed by atoms with Gasteiger partial charge in [0.15, 0.2) is 5.82 Å². The largest absolute Gasteiger partial charge is 0.423 e. The third-order valence-electron chi connectivity index (χ3n) is 3.74. The first-order valence-corrected chi connectivity index (χ1v) is 7.75. The Bertz CT molecular complexity index is 921. The summed E-state index contributed by atoms with van der Waals surface area (Å²) in [6.07, 6.45) is 0.860. The van der Waals surface area contributed by atoms with Crippen molar-refractivity contribution in [1.82, 2.24) is 0 Å². The van der Waals surface area contributed by atoms with Gasteiger partial charge in [0.05, 0.1) is 16.0 Å². The number of rotatable bonds is 3. The van der Waals surface area contributed by atoms with Gasteiger partial charge in [-0.3, -0.25) is 0 Å². The third kappa shape index (κ3) is 3.10. The predicted molar refractivity (Wildman–Crippen MR) is 89.7 cm³/mol. The molecule has 0 atom stereocenters. The molecule has 0 spiro atoms. The van der Waals surface area contributed by atoms with Gasteiger partial charge in [0.2, 0.25) is 0 Å². The highest BCUT2D eigenvalue weighted by molar-refractivity contribution is 6.31. The van der Waals surface area contributed by atoms with Crippen LogP contribution >= 0.6 is 11.6 Å². The molecule has 3 rings (SSSR count). The number of esters is 1. The molecule has 0 aliphatic heterocycles. The van der Waals surface area contributed by atoms with Crippen LogP contribution in [0.1, 0.15) is 22.8 Å². The van der Waals surface area contributed by atoms with Crippen LogP contribution in [-0.4, -0.2) is 5.97 Å². The second-order valence-electron chi connectivity index (χ2n) is 5.30. The van der Waals surface area contributed by atoms with E-state index >= 15 is 0 Å².